The molecule has 12 heavy (non-hydrogen) atoms. The van der Waals surface area contributed by atoms with Gasteiger partial charge in [-0.15, -0.1) is 11.6 Å². The molecule has 1 nitrogen and oxygen atoms in total. The van der Waals surface area contributed by atoms with Crippen molar-refractivity contribution in [2.24, 2.45) is 5.92 Å². The Labute approximate surface area is 81.6 Å². The Morgan fingerprint density at radius 3 is 3.00 bits per heavy atom. The first-order valence-corrected chi connectivity index (χ1v) is 5.31. The summed E-state index contributed by atoms with van der Waals surface area (Å²) in [4.78, 5) is 0. The predicted octanol–water partition coefficient (Wildman–Crippen LogP) is 3.06. The van der Waals surface area contributed by atoms with Crippen LogP contribution in [0.15, 0.2) is 16.8 Å². The van der Waals surface area contributed by atoms with Gasteiger partial charge in [0.25, 0.3) is 0 Å². The number of halogens is 1. The second-order valence-electron chi connectivity index (χ2n) is 2.65. The van der Waals surface area contributed by atoms with Crippen LogP contribution in [-0.2, 0) is 6.42 Å². The summed E-state index contributed by atoms with van der Waals surface area (Å²) in [7, 11) is 0. The summed E-state index contributed by atoms with van der Waals surface area (Å²) < 4.78 is 0. The van der Waals surface area contributed by atoms with E-state index in [-0.39, 0.29) is 5.92 Å². The minimum atomic E-state index is 0.00608. The molecule has 0 fully saturated rings. The van der Waals surface area contributed by atoms with Gasteiger partial charge in [-0.3, -0.25) is 0 Å². The molecule has 1 rings (SSSR count). The molecular formula is C9H10ClNS. The molecule has 0 aliphatic heterocycles. The molecule has 0 spiro atoms. The molecule has 0 bridgehead atoms. The number of aryl methyl sites for hydroxylation is 1. The lowest BCUT2D eigenvalue weighted by molar-refractivity contribution is 0.667. The van der Waals surface area contributed by atoms with Crippen LogP contribution in [0, 0.1) is 17.2 Å². The van der Waals surface area contributed by atoms with Gasteiger partial charge in [0, 0.05) is 5.88 Å². The van der Waals surface area contributed by atoms with Crippen LogP contribution >= 0.6 is 22.9 Å². The lowest BCUT2D eigenvalue weighted by Crippen LogP contribution is -1.99. The highest BCUT2D eigenvalue weighted by molar-refractivity contribution is 7.07. The zero-order valence-corrected chi connectivity index (χ0v) is 8.24. The van der Waals surface area contributed by atoms with Crippen LogP contribution in [0.3, 0.4) is 0 Å². The summed E-state index contributed by atoms with van der Waals surface area (Å²) >= 11 is 7.28. The normalized spacial score (nSPS) is 12.3. The van der Waals surface area contributed by atoms with E-state index in [1.165, 1.54) is 5.56 Å². The molecule has 0 aliphatic rings. The van der Waals surface area contributed by atoms with Crippen molar-refractivity contribution in [3.8, 4) is 6.07 Å². The molecule has 3 heteroatoms. The Balaban J connectivity index is 2.31. The summed E-state index contributed by atoms with van der Waals surface area (Å²) in [6, 6.07) is 4.28. The van der Waals surface area contributed by atoms with Crippen LogP contribution in [0.25, 0.3) is 0 Å². The SMILES string of the molecule is N#CC(CCl)CCc1ccsc1. The molecular weight excluding hydrogens is 190 g/mol. The van der Waals surface area contributed by atoms with Crippen molar-refractivity contribution in [1.29, 1.82) is 5.26 Å². The van der Waals surface area contributed by atoms with Crippen molar-refractivity contribution in [2.75, 3.05) is 5.88 Å². The van der Waals surface area contributed by atoms with Crippen LogP contribution in [0.5, 0.6) is 0 Å². The molecule has 1 heterocycles. The highest BCUT2D eigenvalue weighted by Gasteiger charge is 2.05. The lowest BCUT2D eigenvalue weighted by atomic mass is 10.0. The first kappa shape index (κ1) is 9.57. The van der Waals surface area contributed by atoms with Gasteiger partial charge >= 0.3 is 0 Å². The van der Waals surface area contributed by atoms with Gasteiger partial charge in [0.05, 0.1) is 12.0 Å². The van der Waals surface area contributed by atoms with Crippen molar-refractivity contribution in [3.05, 3.63) is 22.4 Å². The quantitative estimate of drug-likeness (QED) is 0.684. The first-order chi connectivity index (χ1) is 5.86. The molecule has 1 atom stereocenters. The maximum atomic E-state index is 8.62. The monoisotopic (exact) mass is 199 g/mol. The number of nitriles is 1. The van der Waals surface area contributed by atoms with Crippen molar-refractivity contribution in [1.82, 2.24) is 0 Å². The van der Waals surface area contributed by atoms with Gasteiger partial charge in [-0.2, -0.15) is 16.6 Å². The average Bonchev–Trinajstić information content (AvgIpc) is 2.59. The Morgan fingerprint density at radius 1 is 1.67 bits per heavy atom. The van der Waals surface area contributed by atoms with Crippen molar-refractivity contribution in [3.63, 3.8) is 0 Å². The van der Waals surface area contributed by atoms with Gasteiger partial charge in [0.15, 0.2) is 0 Å². The van der Waals surface area contributed by atoms with E-state index in [2.05, 4.69) is 22.9 Å². The zero-order valence-electron chi connectivity index (χ0n) is 6.66. The second-order valence-corrected chi connectivity index (χ2v) is 3.74. The minimum absolute atomic E-state index is 0.00608. The number of nitrogens with zero attached hydrogens (tertiary/aromatic N) is 1. The predicted molar refractivity (Wildman–Crippen MR) is 52.5 cm³/mol. The van der Waals surface area contributed by atoms with E-state index in [4.69, 9.17) is 16.9 Å². The first-order valence-electron chi connectivity index (χ1n) is 3.83. The van der Waals surface area contributed by atoms with E-state index in [9.17, 15) is 0 Å². The van der Waals surface area contributed by atoms with E-state index in [0.717, 1.165) is 12.8 Å². The smallest absolute Gasteiger partial charge is 0.0668 e. The van der Waals surface area contributed by atoms with Gasteiger partial charge in [0.1, 0.15) is 0 Å². The van der Waals surface area contributed by atoms with Crippen molar-refractivity contribution in [2.45, 2.75) is 12.8 Å². The number of rotatable bonds is 4. The molecule has 1 aromatic rings. The Kier molecular flexibility index (Phi) is 4.13. The number of thiophene rings is 1. The summed E-state index contributed by atoms with van der Waals surface area (Å²) in [5, 5.41) is 12.8. The molecule has 0 saturated carbocycles. The van der Waals surface area contributed by atoms with Gasteiger partial charge in [-0.25, -0.2) is 0 Å². The molecule has 0 radical (unpaired) electrons. The maximum absolute atomic E-state index is 8.62. The number of hydrogen-bond acceptors (Lipinski definition) is 2. The third-order valence-corrected chi connectivity index (χ3v) is 2.83. The van der Waals surface area contributed by atoms with Gasteiger partial charge < -0.3 is 0 Å². The molecule has 0 aromatic carbocycles. The van der Waals surface area contributed by atoms with Crippen LogP contribution in [0.1, 0.15) is 12.0 Å². The standard InChI is InChI=1S/C9H10ClNS/c10-5-9(6-11)2-1-8-3-4-12-7-8/h3-4,7,9H,1-2,5H2. The summed E-state index contributed by atoms with van der Waals surface area (Å²) in [5.41, 5.74) is 1.31. The molecule has 0 amide bonds. The Morgan fingerprint density at radius 2 is 2.50 bits per heavy atom. The summed E-state index contributed by atoms with van der Waals surface area (Å²) in [6.45, 7) is 0. The minimum Gasteiger partial charge on any atom is -0.198 e. The topological polar surface area (TPSA) is 23.8 Å². The van der Waals surface area contributed by atoms with E-state index < -0.39 is 0 Å². The average molecular weight is 200 g/mol. The van der Waals surface area contributed by atoms with E-state index >= 15 is 0 Å². The fraction of sp³-hybridized carbons (Fsp3) is 0.444. The Bertz CT molecular complexity index is 250. The van der Waals surface area contributed by atoms with E-state index in [0.29, 0.717) is 5.88 Å². The summed E-state index contributed by atoms with van der Waals surface area (Å²) in [6.07, 6.45) is 1.84. The van der Waals surface area contributed by atoms with Gasteiger partial charge in [0.2, 0.25) is 0 Å². The van der Waals surface area contributed by atoms with Crippen LogP contribution in [-0.4, -0.2) is 5.88 Å². The zero-order chi connectivity index (χ0) is 8.81. The van der Waals surface area contributed by atoms with Gasteiger partial charge in [-0.1, -0.05) is 0 Å². The fourth-order valence-corrected chi connectivity index (χ4v) is 1.88. The second kappa shape index (κ2) is 5.18. The van der Waals surface area contributed by atoms with Gasteiger partial charge in [-0.05, 0) is 35.2 Å². The van der Waals surface area contributed by atoms with Crippen LogP contribution in [0.4, 0.5) is 0 Å². The lowest BCUT2D eigenvalue weighted by Gasteiger charge is -2.01. The van der Waals surface area contributed by atoms with Crippen LogP contribution < -0.4 is 0 Å². The maximum Gasteiger partial charge on any atom is 0.0668 e. The van der Waals surface area contributed by atoms with Crippen LogP contribution in [0.2, 0.25) is 0 Å². The fourth-order valence-electron chi connectivity index (χ4n) is 0.952. The number of hydrogen-bond donors (Lipinski definition) is 0. The molecule has 0 saturated heterocycles. The highest BCUT2D eigenvalue weighted by Crippen LogP contribution is 2.13. The molecule has 64 valence electrons. The largest absolute Gasteiger partial charge is 0.198 e. The summed E-state index contributed by atoms with van der Waals surface area (Å²) in [5.74, 6) is 0.451. The molecule has 0 aliphatic carbocycles. The van der Waals surface area contributed by atoms with Crippen molar-refractivity contribution < 1.29 is 0 Å². The van der Waals surface area contributed by atoms with E-state index in [1.807, 2.05) is 0 Å². The van der Waals surface area contributed by atoms with Crippen molar-refractivity contribution >= 4 is 22.9 Å². The van der Waals surface area contributed by atoms with E-state index in [1.54, 1.807) is 11.3 Å². The Hall–Kier alpha value is -0.520. The molecule has 1 aromatic heterocycles. The molecule has 1 unspecified atom stereocenters. The highest BCUT2D eigenvalue weighted by atomic mass is 35.5. The third kappa shape index (κ3) is 2.84. The molecule has 0 N–H and O–H groups in total. The number of alkyl halides is 1. The third-order valence-electron chi connectivity index (χ3n) is 1.73.